The van der Waals surface area contributed by atoms with Gasteiger partial charge in [0, 0.05) is 6.42 Å². The zero-order valence-electron chi connectivity index (χ0n) is 36.0. The average molecular weight is 775 g/mol. The molecule has 1 amide bonds. The molecule has 8 nitrogen and oxygen atoms in total. The number of rotatable bonds is 42. The van der Waals surface area contributed by atoms with E-state index in [0.29, 0.717) is 23.9 Å². The predicted molar refractivity (Wildman–Crippen MR) is 224 cm³/mol. The number of likely N-dealkylation sites (N-methyl/N-ethyl adjacent to an activating group) is 1. The van der Waals surface area contributed by atoms with E-state index in [4.69, 9.17) is 9.05 Å². The van der Waals surface area contributed by atoms with Gasteiger partial charge in [-0.2, -0.15) is 0 Å². The summed E-state index contributed by atoms with van der Waals surface area (Å²) in [6.07, 6.45) is 39.6. The molecule has 3 atom stereocenters. The maximum Gasteiger partial charge on any atom is 0.268 e. The second-order valence-electron chi connectivity index (χ2n) is 17.1. The highest BCUT2D eigenvalue weighted by molar-refractivity contribution is 7.45. The van der Waals surface area contributed by atoms with Crippen LogP contribution in [0.2, 0.25) is 0 Å². The van der Waals surface area contributed by atoms with Crippen molar-refractivity contribution in [1.82, 2.24) is 5.32 Å². The largest absolute Gasteiger partial charge is 0.756 e. The fraction of sp³-hybridized carbons (Fsp3) is 0.977. The van der Waals surface area contributed by atoms with Crippen LogP contribution in [0.3, 0.4) is 0 Å². The summed E-state index contributed by atoms with van der Waals surface area (Å²) in [6.45, 7) is 4.73. The molecule has 2 N–H and O–H groups in total. The molecule has 0 fully saturated rings. The summed E-state index contributed by atoms with van der Waals surface area (Å²) in [4.78, 5) is 25.3. The molecular formula is C44H91N2O6P. The summed E-state index contributed by atoms with van der Waals surface area (Å²) in [5.41, 5.74) is 0. The van der Waals surface area contributed by atoms with Gasteiger partial charge in [-0.25, -0.2) is 0 Å². The summed E-state index contributed by atoms with van der Waals surface area (Å²) < 4.78 is 23.2. The number of quaternary nitrogens is 1. The van der Waals surface area contributed by atoms with Crippen molar-refractivity contribution in [3.8, 4) is 0 Å². The Hall–Kier alpha value is -0.500. The Morgan fingerprint density at radius 3 is 1.28 bits per heavy atom. The molecule has 0 rings (SSSR count). The first-order valence-electron chi connectivity index (χ1n) is 22.9. The van der Waals surface area contributed by atoms with Crippen molar-refractivity contribution in [2.45, 2.75) is 238 Å². The SMILES string of the molecule is CCCCCCCCCCCCCCCCCCCCCCC(=O)N[C@@H](COP(=O)([O-])OCC[N+](C)(C)C)[C@H](O)CCCCCCCCCCCCC. The van der Waals surface area contributed by atoms with Crippen LogP contribution in [0.5, 0.6) is 0 Å². The Morgan fingerprint density at radius 1 is 0.585 bits per heavy atom. The highest BCUT2D eigenvalue weighted by Crippen LogP contribution is 2.38. The standard InChI is InChI=1S/C44H91N2O6P/c1-6-8-10-12-14-16-18-19-20-21-22-23-24-25-26-28-30-32-34-36-38-44(48)45-42(41-52-53(49,50)51-40-39-46(3,4)5)43(47)37-35-33-31-29-27-17-15-13-11-9-7-2/h42-43,47H,6-41H2,1-5H3,(H-,45,48,49,50)/t42-,43+/m0/s1. The van der Waals surface area contributed by atoms with Gasteiger partial charge in [0.2, 0.25) is 5.91 Å². The lowest BCUT2D eigenvalue weighted by atomic mass is 10.0. The molecule has 0 radical (unpaired) electrons. The Morgan fingerprint density at radius 2 is 0.925 bits per heavy atom. The van der Waals surface area contributed by atoms with E-state index in [2.05, 4.69) is 19.2 Å². The third-order valence-electron chi connectivity index (χ3n) is 10.6. The molecule has 0 saturated carbocycles. The Balaban J connectivity index is 4.22. The molecule has 318 valence electrons. The van der Waals surface area contributed by atoms with Crippen LogP contribution >= 0.6 is 7.82 Å². The smallest absolute Gasteiger partial charge is 0.268 e. The van der Waals surface area contributed by atoms with Crippen LogP contribution in [0.25, 0.3) is 0 Å². The molecule has 0 aromatic carbocycles. The first-order valence-corrected chi connectivity index (χ1v) is 24.3. The lowest BCUT2D eigenvalue weighted by Crippen LogP contribution is -2.46. The molecule has 0 spiro atoms. The molecule has 9 heteroatoms. The van der Waals surface area contributed by atoms with Crippen molar-refractivity contribution in [1.29, 1.82) is 0 Å². The number of aliphatic hydroxyl groups is 1. The molecule has 0 bridgehead atoms. The minimum Gasteiger partial charge on any atom is -0.756 e. The van der Waals surface area contributed by atoms with Gasteiger partial charge in [0.1, 0.15) is 13.2 Å². The zero-order valence-corrected chi connectivity index (χ0v) is 36.9. The third-order valence-corrected chi connectivity index (χ3v) is 11.6. The molecular weight excluding hydrogens is 683 g/mol. The van der Waals surface area contributed by atoms with Gasteiger partial charge in [-0.1, -0.05) is 206 Å². The number of nitrogens with one attached hydrogen (secondary N) is 1. The lowest BCUT2D eigenvalue weighted by Gasteiger charge is -2.30. The molecule has 0 saturated heterocycles. The topological polar surface area (TPSA) is 108 Å². The van der Waals surface area contributed by atoms with Crippen LogP contribution in [-0.4, -0.2) is 68.5 Å². The first kappa shape index (κ1) is 52.5. The van der Waals surface area contributed by atoms with Crippen molar-refractivity contribution >= 4 is 13.7 Å². The van der Waals surface area contributed by atoms with Crippen molar-refractivity contribution < 1.29 is 32.9 Å². The van der Waals surface area contributed by atoms with Crippen molar-refractivity contribution in [3.63, 3.8) is 0 Å². The predicted octanol–water partition coefficient (Wildman–Crippen LogP) is 12.0. The molecule has 0 heterocycles. The zero-order chi connectivity index (χ0) is 39.3. The normalized spacial score (nSPS) is 14.3. The van der Waals surface area contributed by atoms with Crippen LogP contribution in [0.4, 0.5) is 0 Å². The van der Waals surface area contributed by atoms with E-state index in [0.717, 1.165) is 38.5 Å². The second kappa shape index (κ2) is 37.1. The van der Waals surface area contributed by atoms with Crippen molar-refractivity contribution in [2.24, 2.45) is 0 Å². The van der Waals surface area contributed by atoms with Gasteiger partial charge in [0.05, 0.1) is 39.9 Å². The number of phosphoric ester groups is 1. The van der Waals surface area contributed by atoms with Crippen LogP contribution in [0, 0.1) is 0 Å². The van der Waals surface area contributed by atoms with Crippen LogP contribution in [0.1, 0.15) is 226 Å². The number of hydrogen-bond donors (Lipinski definition) is 2. The van der Waals surface area contributed by atoms with Crippen LogP contribution in [-0.2, 0) is 18.4 Å². The fourth-order valence-electron chi connectivity index (χ4n) is 6.92. The number of amides is 1. The minimum atomic E-state index is -4.55. The van der Waals surface area contributed by atoms with Gasteiger partial charge in [-0.05, 0) is 12.8 Å². The summed E-state index contributed by atoms with van der Waals surface area (Å²) in [5, 5.41) is 13.9. The van der Waals surface area contributed by atoms with Gasteiger partial charge in [0.25, 0.3) is 7.82 Å². The van der Waals surface area contributed by atoms with E-state index < -0.39 is 20.0 Å². The van der Waals surface area contributed by atoms with E-state index >= 15 is 0 Å². The van der Waals surface area contributed by atoms with E-state index in [-0.39, 0.29) is 19.1 Å². The fourth-order valence-corrected chi connectivity index (χ4v) is 7.65. The molecule has 0 aliphatic heterocycles. The van der Waals surface area contributed by atoms with Gasteiger partial charge in [0.15, 0.2) is 0 Å². The first-order chi connectivity index (χ1) is 25.5. The van der Waals surface area contributed by atoms with Crippen molar-refractivity contribution in [2.75, 3.05) is 40.9 Å². The summed E-state index contributed by atoms with van der Waals surface area (Å²) in [6, 6.07) is -0.792. The molecule has 0 aliphatic rings. The number of nitrogens with zero attached hydrogens (tertiary/aromatic N) is 1. The summed E-state index contributed by atoms with van der Waals surface area (Å²) in [5.74, 6) is -0.161. The van der Waals surface area contributed by atoms with E-state index in [1.165, 1.54) is 161 Å². The van der Waals surface area contributed by atoms with Crippen LogP contribution in [0.15, 0.2) is 0 Å². The highest BCUT2D eigenvalue weighted by atomic mass is 31.2. The average Bonchev–Trinajstić information content (AvgIpc) is 3.10. The third kappa shape index (κ3) is 39.5. The van der Waals surface area contributed by atoms with Gasteiger partial charge < -0.3 is 28.8 Å². The number of phosphoric acid groups is 1. The van der Waals surface area contributed by atoms with E-state index in [9.17, 15) is 19.4 Å². The second-order valence-corrected chi connectivity index (χ2v) is 18.5. The summed E-state index contributed by atoms with van der Waals surface area (Å²) >= 11 is 0. The molecule has 0 aromatic heterocycles. The van der Waals surface area contributed by atoms with Gasteiger partial charge in [-0.3, -0.25) is 9.36 Å². The molecule has 53 heavy (non-hydrogen) atoms. The lowest BCUT2D eigenvalue weighted by molar-refractivity contribution is -0.870. The molecule has 0 aliphatic carbocycles. The van der Waals surface area contributed by atoms with Crippen molar-refractivity contribution in [3.05, 3.63) is 0 Å². The monoisotopic (exact) mass is 775 g/mol. The summed E-state index contributed by atoms with van der Waals surface area (Å²) in [7, 11) is 1.32. The number of carbonyl (C=O) groups is 1. The Kier molecular flexibility index (Phi) is 36.7. The maximum atomic E-state index is 12.9. The van der Waals surface area contributed by atoms with Gasteiger partial charge >= 0.3 is 0 Å². The quantitative estimate of drug-likeness (QED) is 0.0363. The highest BCUT2D eigenvalue weighted by Gasteiger charge is 2.24. The number of aliphatic hydroxyl groups excluding tert-OH is 1. The molecule has 1 unspecified atom stereocenters. The Bertz CT molecular complexity index is 839. The van der Waals surface area contributed by atoms with E-state index in [1.807, 2.05) is 21.1 Å². The molecule has 0 aromatic rings. The van der Waals surface area contributed by atoms with E-state index in [1.54, 1.807) is 0 Å². The number of carbonyl (C=O) groups excluding carboxylic acids is 1. The number of unbranched alkanes of at least 4 members (excludes halogenated alkanes) is 29. The maximum absolute atomic E-state index is 12.9. The van der Waals surface area contributed by atoms with Gasteiger partial charge in [-0.15, -0.1) is 0 Å². The van der Waals surface area contributed by atoms with Crippen LogP contribution < -0.4 is 10.2 Å². The minimum absolute atomic E-state index is 0.0159. The number of hydrogen-bond acceptors (Lipinski definition) is 6. The Labute approximate surface area is 329 Å².